The number of pyridine rings is 1. The van der Waals surface area contributed by atoms with Crippen molar-refractivity contribution < 1.29 is 10.2 Å². The molecule has 0 amide bonds. The topological polar surface area (TPSA) is 53.4 Å². The zero-order valence-electron chi connectivity index (χ0n) is 10.6. The Morgan fingerprint density at radius 2 is 2.35 bits per heavy atom. The van der Waals surface area contributed by atoms with Gasteiger partial charge in [-0.2, -0.15) is 0 Å². The molecule has 0 radical (unpaired) electrons. The highest BCUT2D eigenvalue weighted by Crippen LogP contribution is 2.36. The third-order valence-electron chi connectivity index (χ3n) is 3.97. The average molecular weight is 235 g/mol. The summed E-state index contributed by atoms with van der Waals surface area (Å²) in [5.41, 5.74) is 1.16. The zero-order chi connectivity index (χ0) is 12.5. The summed E-state index contributed by atoms with van der Waals surface area (Å²) in [7, 11) is 0. The van der Waals surface area contributed by atoms with Crippen LogP contribution < -0.4 is 0 Å². The molecular formula is C14H21NO2. The molecule has 1 aromatic rings. The molecule has 2 rings (SSSR count). The highest BCUT2D eigenvalue weighted by Gasteiger charge is 2.38. The molecule has 0 aliphatic heterocycles. The summed E-state index contributed by atoms with van der Waals surface area (Å²) in [5, 5.41) is 20.6. The van der Waals surface area contributed by atoms with Crippen LogP contribution in [0.15, 0.2) is 18.3 Å². The standard InChI is InChI=1S/C14H21NO2/c1-3-14(2,17)13(16)11-8-4-6-10-7-5-9-15-12(10)11/h5,7,9,11,13,16-17H,3-4,6,8H2,1-2H3. The van der Waals surface area contributed by atoms with E-state index in [1.807, 2.05) is 13.0 Å². The van der Waals surface area contributed by atoms with Crippen molar-refractivity contribution in [3.05, 3.63) is 29.6 Å². The summed E-state index contributed by atoms with van der Waals surface area (Å²) >= 11 is 0. The molecule has 3 unspecified atom stereocenters. The quantitative estimate of drug-likeness (QED) is 0.842. The van der Waals surface area contributed by atoms with E-state index in [9.17, 15) is 10.2 Å². The molecule has 1 aromatic heterocycles. The Morgan fingerprint density at radius 3 is 3.06 bits per heavy atom. The van der Waals surface area contributed by atoms with Crippen molar-refractivity contribution in [3.8, 4) is 0 Å². The first kappa shape index (κ1) is 12.5. The van der Waals surface area contributed by atoms with Crippen molar-refractivity contribution >= 4 is 0 Å². The Hall–Kier alpha value is -0.930. The van der Waals surface area contributed by atoms with E-state index in [-0.39, 0.29) is 5.92 Å². The highest BCUT2D eigenvalue weighted by molar-refractivity contribution is 5.27. The summed E-state index contributed by atoms with van der Waals surface area (Å²) in [4.78, 5) is 4.40. The number of aromatic nitrogens is 1. The normalized spacial score (nSPS) is 24.8. The Labute approximate surface area is 103 Å². The number of fused-ring (bicyclic) bond motifs is 1. The van der Waals surface area contributed by atoms with Gasteiger partial charge in [-0.05, 0) is 44.2 Å². The van der Waals surface area contributed by atoms with E-state index in [0.717, 1.165) is 25.0 Å². The van der Waals surface area contributed by atoms with Crippen LogP contribution in [0.3, 0.4) is 0 Å². The molecule has 17 heavy (non-hydrogen) atoms. The van der Waals surface area contributed by atoms with Gasteiger partial charge >= 0.3 is 0 Å². The van der Waals surface area contributed by atoms with Gasteiger partial charge in [-0.1, -0.05) is 13.0 Å². The summed E-state index contributed by atoms with van der Waals surface area (Å²) in [6.45, 7) is 3.60. The molecule has 1 aliphatic carbocycles. The van der Waals surface area contributed by atoms with Crippen molar-refractivity contribution in [2.45, 2.75) is 57.2 Å². The van der Waals surface area contributed by atoms with E-state index >= 15 is 0 Å². The third kappa shape index (κ3) is 2.35. The lowest BCUT2D eigenvalue weighted by molar-refractivity contribution is -0.0787. The fraction of sp³-hybridized carbons (Fsp3) is 0.643. The second-order valence-corrected chi connectivity index (χ2v) is 5.20. The lowest BCUT2D eigenvalue weighted by atomic mass is 9.77. The minimum absolute atomic E-state index is 0.0325. The van der Waals surface area contributed by atoms with E-state index in [1.54, 1.807) is 13.1 Å². The smallest absolute Gasteiger partial charge is 0.0907 e. The first-order valence-electron chi connectivity index (χ1n) is 6.40. The van der Waals surface area contributed by atoms with E-state index < -0.39 is 11.7 Å². The molecule has 0 fully saturated rings. The van der Waals surface area contributed by atoms with Gasteiger partial charge in [0.15, 0.2) is 0 Å². The lowest BCUT2D eigenvalue weighted by Crippen LogP contribution is -2.43. The Balaban J connectivity index is 2.30. The molecule has 2 N–H and O–H groups in total. The van der Waals surface area contributed by atoms with Gasteiger partial charge < -0.3 is 10.2 Å². The second-order valence-electron chi connectivity index (χ2n) is 5.20. The van der Waals surface area contributed by atoms with Gasteiger partial charge in [0.2, 0.25) is 0 Å². The number of hydrogen-bond acceptors (Lipinski definition) is 3. The van der Waals surface area contributed by atoms with Crippen LogP contribution in [0.5, 0.6) is 0 Å². The summed E-state index contributed by atoms with van der Waals surface area (Å²) in [5.74, 6) is -0.0325. The third-order valence-corrected chi connectivity index (χ3v) is 3.97. The van der Waals surface area contributed by atoms with Crippen molar-refractivity contribution in [1.29, 1.82) is 0 Å². The van der Waals surface area contributed by atoms with Gasteiger partial charge in [0.05, 0.1) is 11.7 Å². The second kappa shape index (κ2) is 4.75. The molecule has 0 saturated carbocycles. The molecule has 0 spiro atoms. The Morgan fingerprint density at radius 1 is 1.59 bits per heavy atom. The van der Waals surface area contributed by atoms with Crippen molar-refractivity contribution in [3.63, 3.8) is 0 Å². The van der Waals surface area contributed by atoms with Crippen LogP contribution in [0, 0.1) is 0 Å². The van der Waals surface area contributed by atoms with Gasteiger partial charge in [-0.15, -0.1) is 0 Å². The van der Waals surface area contributed by atoms with Crippen LogP contribution in [0.1, 0.15) is 50.3 Å². The number of rotatable bonds is 3. The van der Waals surface area contributed by atoms with Crippen LogP contribution in [0.2, 0.25) is 0 Å². The van der Waals surface area contributed by atoms with E-state index in [4.69, 9.17) is 0 Å². The van der Waals surface area contributed by atoms with E-state index in [1.165, 1.54) is 5.56 Å². The molecule has 1 aliphatic rings. The number of aliphatic hydroxyl groups is 2. The average Bonchev–Trinajstić information content (AvgIpc) is 2.37. The van der Waals surface area contributed by atoms with E-state index in [2.05, 4.69) is 11.1 Å². The molecule has 94 valence electrons. The predicted octanol–water partition coefficient (Wildman–Crippen LogP) is 2.02. The number of aryl methyl sites for hydroxylation is 1. The molecule has 3 nitrogen and oxygen atoms in total. The first-order valence-corrected chi connectivity index (χ1v) is 6.40. The molecule has 3 heteroatoms. The molecule has 0 bridgehead atoms. The Kier molecular flexibility index (Phi) is 3.50. The Bertz CT molecular complexity index is 390. The molecule has 1 heterocycles. The van der Waals surface area contributed by atoms with Crippen molar-refractivity contribution in [1.82, 2.24) is 4.98 Å². The minimum Gasteiger partial charge on any atom is -0.389 e. The summed E-state index contributed by atoms with van der Waals surface area (Å²) < 4.78 is 0. The minimum atomic E-state index is -1.03. The maximum Gasteiger partial charge on any atom is 0.0907 e. The SMILES string of the molecule is CCC(C)(O)C(O)C1CCCc2cccnc21. The molecule has 0 saturated heterocycles. The molecule has 0 aromatic carbocycles. The maximum absolute atomic E-state index is 10.4. The fourth-order valence-corrected chi connectivity index (χ4v) is 2.60. The van der Waals surface area contributed by atoms with Gasteiger partial charge in [0.1, 0.15) is 0 Å². The maximum atomic E-state index is 10.4. The van der Waals surface area contributed by atoms with Crippen LogP contribution in [0.25, 0.3) is 0 Å². The number of aliphatic hydroxyl groups excluding tert-OH is 1. The first-order chi connectivity index (χ1) is 8.06. The van der Waals surface area contributed by atoms with Crippen molar-refractivity contribution in [2.24, 2.45) is 0 Å². The van der Waals surface area contributed by atoms with Crippen LogP contribution in [-0.4, -0.2) is 26.9 Å². The monoisotopic (exact) mass is 235 g/mol. The lowest BCUT2D eigenvalue weighted by Gasteiger charge is -2.36. The fourth-order valence-electron chi connectivity index (χ4n) is 2.60. The van der Waals surface area contributed by atoms with Gasteiger partial charge in [0, 0.05) is 17.8 Å². The van der Waals surface area contributed by atoms with Crippen molar-refractivity contribution in [2.75, 3.05) is 0 Å². The number of nitrogens with zero attached hydrogens (tertiary/aromatic N) is 1. The zero-order valence-corrected chi connectivity index (χ0v) is 10.6. The van der Waals surface area contributed by atoms with Gasteiger partial charge in [0.25, 0.3) is 0 Å². The van der Waals surface area contributed by atoms with Gasteiger partial charge in [-0.25, -0.2) is 0 Å². The predicted molar refractivity (Wildman–Crippen MR) is 66.8 cm³/mol. The van der Waals surface area contributed by atoms with Crippen LogP contribution in [0.4, 0.5) is 0 Å². The summed E-state index contributed by atoms with van der Waals surface area (Å²) in [6, 6.07) is 4.01. The molecule has 3 atom stereocenters. The van der Waals surface area contributed by atoms with E-state index in [0.29, 0.717) is 6.42 Å². The molecular weight excluding hydrogens is 214 g/mol. The van der Waals surface area contributed by atoms with Crippen LogP contribution in [-0.2, 0) is 6.42 Å². The van der Waals surface area contributed by atoms with Gasteiger partial charge in [-0.3, -0.25) is 4.98 Å². The number of hydrogen-bond donors (Lipinski definition) is 2. The van der Waals surface area contributed by atoms with Crippen LogP contribution >= 0.6 is 0 Å². The highest BCUT2D eigenvalue weighted by atomic mass is 16.3. The summed E-state index contributed by atoms with van der Waals surface area (Å²) in [6.07, 6.45) is 4.57. The largest absolute Gasteiger partial charge is 0.389 e.